The van der Waals surface area contributed by atoms with Gasteiger partial charge in [0.15, 0.2) is 0 Å². The number of nitrogens with two attached hydrogens (primary N) is 1. The van der Waals surface area contributed by atoms with Crippen molar-refractivity contribution < 1.29 is 9.53 Å². The van der Waals surface area contributed by atoms with Crippen molar-refractivity contribution in [3.8, 4) is 0 Å². The summed E-state index contributed by atoms with van der Waals surface area (Å²) in [7, 11) is 0. The quantitative estimate of drug-likeness (QED) is 0.901. The lowest BCUT2D eigenvalue weighted by atomic mass is 10.1. The molecule has 1 fully saturated rings. The first-order chi connectivity index (χ1) is 8.49. The molecule has 1 aliphatic heterocycles. The number of nitrogens with zero attached hydrogens (tertiary/aromatic N) is 1. The average Bonchev–Trinajstić information content (AvgIpc) is 2.69. The normalized spacial score (nSPS) is 22.0. The average molecular weight is 333 g/mol. The van der Waals surface area contributed by atoms with Crippen LogP contribution >= 0.6 is 27.3 Å². The first-order valence-corrected chi connectivity index (χ1v) is 7.52. The van der Waals surface area contributed by atoms with Crippen LogP contribution in [0.5, 0.6) is 0 Å². The lowest BCUT2D eigenvalue weighted by Crippen LogP contribution is -2.51. The van der Waals surface area contributed by atoms with E-state index in [0.29, 0.717) is 19.7 Å². The van der Waals surface area contributed by atoms with Gasteiger partial charge in [-0.3, -0.25) is 4.79 Å². The van der Waals surface area contributed by atoms with Gasteiger partial charge >= 0.3 is 0 Å². The molecule has 1 amide bonds. The maximum absolute atomic E-state index is 12.4. The maximum atomic E-state index is 12.4. The molecule has 18 heavy (non-hydrogen) atoms. The number of rotatable bonds is 2. The van der Waals surface area contributed by atoms with E-state index < -0.39 is 0 Å². The van der Waals surface area contributed by atoms with Crippen molar-refractivity contribution in [3.63, 3.8) is 0 Å². The van der Waals surface area contributed by atoms with E-state index in [1.165, 1.54) is 11.3 Å². The number of hydrogen-bond acceptors (Lipinski definition) is 4. The number of amides is 1. The minimum Gasteiger partial charge on any atom is -0.373 e. The lowest BCUT2D eigenvalue weighted by Gasteiger charge is -2.34. The maximum Gasteiger partial charge on any atom is 0.264 e. The molecule has 4 nitrogen and oxygen atoms in total. The van der Waals surface area contributed by atoms with Crippen LogP contribution in [0, 0.1) is 6.92 Å². The third-order valence-corrected chi connectivity index (χ3v) is 5.16. The van der Waals surface area contributed by atoms with Gasteiger partial charge in [0.2, 0.25) is 0 Å². The van der Waals surface area contributed by atoms with Crippen LogP contribution in [-0.2, 0) is 4.74 Å². The van der Waals surface area contributed by atoms with Crippen LogP contribution in [0.15, 0.2) is 9.85 Å². The molecule has 0 aliphatic carbocycles. The molecule has 2 atom stereocenters. The molecule has 2 unspecified atom stereocenters. The molecule has 1 aliphatic rings. The molecular weight excluding hydrogens is 316 g/mol. The van der Waals surface area contributed by atoms with Crippen LogP contribution in [0.3, 0.4) is 0 Å². The lowest BCUT2D eigenvalue weighted by molar-refractivity contribution is -0.0298. The Kier molecular flexibility index (Phi) is 4.42. The predicted octanol–water partition coefficient (Wildman–Crippen LogP) is 2.01. The fourth-order valence-electron chi connectivity index (χ4n) is 1.90. The van der Waals surface area contributed by atoms with Gasteiger partial charge < -0.3 is 15.4 Å². The molecule has 0 saturated carbocycles. The van der Waals surface area contributed by atoms with Crippen molar-refractivity contribution >= 4 is 33.2 Å². The number of morpholine rings is 1. The Morgan fingerprint density at radius 3 is 3.00 bits per heavy atom. The molecule has 0 bridgehead atoms. The molecular formula is C12H17BrN2O2S. The second kappa shape index (κ2) is 5.69. The van der Waals surface area contributed by atoms with Crippen molar-refractivity contribution in [1.29, 1.82) is 0 Å². The number of halogens is 1. The summed E-state index contributed by atoms with van der Waals surface area (Å²) in [5, 5.41) is 0. The monoisotopic (exact) mass is 332 g/mol. The third-order valence-electron chi connectivity index (χ3n) is 3.04. The number of thiophene rings is 1. The van der Waals surface area contributed by atoms with Crippen LogP contribution in [0.2, 0.25) is 0 Å². The summed E-state index contributed by atoms with van der Waals surface area (Å²) >= 11 is 4.93. The van der Waals surface area contributed by atoms with Gasteiger partial charge in [0.25, 0.3) is 5.91 Å². The summed E-state index contributed by atoms with van der Waals surface area (Å²) in [4.78, 5) is 14.9. The summed E-state index contributed by atoms with van der Waals surface area (Å²) in [6, 6.07) is 1.87. The van der Waals surface area contributed by atoms with Gasteiger partial charge in [-0.25, -0.2) is 0 Å². The Labute approximate surface area is 119 Å². The Bertz CT molecular complexity index is 428. The van der Waals surface area contributed by atoms with Crippen LogP contribution in [0.25, 0.3) is 0 Å². The van der Waals surface area contributed by atoms with E-state index in [2.05, 4.69) is 15.9 Å². The molecule has 0 spiro atoms. The van der Waals surface area contributed by atoms with Crippen LogP contribution in [0.1, 0.15) is 22.2 Å². The first-order valence-electron chi connectivity index (χ1n) is 5.91. The molecule has 0 aromatic carbocycles. The predicted molar refractivity (Wildman–Crippen MR) is 76.0 cm³/mol. The molecule has 0 radical (unpaired) electrons. The third kappa shape index (κ3) is 2.93. The van der Waals surface area contributed by atoms with E-state index in [9.17, 15) is 4.79 Å². The van der Waals surface area contributed by atoms with Crippen LogP contribution in [0.4, 0.5) is 0 Å². The van der Waals surface area contributed by atoms with Gasteiger partial charge in [0.1, 0.15) is 0 Å². The Morgan fingerprint density at radius 1 is 1.72 bits per heavy atom. The van der Waals surface area contributed by atoms with Gasteiger partial charge in [-0.1, -0.05) is 0 Å². The minimum absolute atomic E-state index is 0.0580. The van der Waals surface area contributed by atoms with E-state index >= 15 is 0 Å². The van der Waals surface area contributed by atoms with E-state index in [1.54, 1.807) is 0 Å². The summed E-state index contributed by atoms with van der Waals surface area (Å²) in [6.07, 6.45) is -0.0628. The highest BCUT2D eigenvalue weighted by Crippen LogP contribution is 2.28. The van der Waals surface area contributed by atoms with Gasteiger partial charge in [-0.05, 0) is 41.4 Å². The number of carbonyl (C=O) groups is 1. The van der Waals surface area contributed by atoms with Crippen molar-refractivity contribution in [2.45, 2.75) is 26.0 Å². The fourth-order valence-corrected chi connectivity index (χ4v) is 3.40. The summed E-state index contributed by atoms with van der Waals surface area (Å²) in [6.45, 7) is 5.66. The van der Waals surface area contributed by atoms with Crippen molar-refractivity contribution in [3.05, 3.63) is 20.3 Å². The molecule has 2 rings (SSSR count). The molecule has 1 aromatic heterocycles. The minimum atomic E-state index is -0.0628. The van der Waals surface area contributed by atoms with Crippen molar-refractivity contribution in [2.75, 3.05) is 19.7 Å². The molecule has 2 N–H and O–H groups in total. The van der Waals surface area contributed by atoms with E-state index in [-0.39, 0.29) is 18.1 Å². The Hall–Kier alpha value is -0.430. The van der Waals surface area contributed by atoms with Crippen LogP contribution in [-0.4, -0.2) is 42.6 Å². The zero-order valence-electron chi connectivity index (χ0n) is 10.5. The number of hydrogen-bond donors (Lipinski definition) is 1. The summed E-state index contributed by atoms with van der Waals surface area (Å²) in [5.74, 6) is 0.0720. The zero-order valence-corrected chi connectivity index (χ0v) is 12.9. The van der Waals surface area contributed by atoms with Gasteiger partial charge in [-0.15, -0.1) is 11.3 Å². The summed E-state index contributed by atoms with van der Waals surface area (Å²) < 4.78 is 6.58. The second-order valence-electron chi connectivity index (χ2n) is 4.59. The molecule has 1 aromatic rings. The number of aryl methyl sites for hydroxylation is 1. The smallest absolute Gasteiger partial charge is 0.264 e. The van der Waals surface area contributed by atoms with Gasteiger partial charge in [0, 0.05) is 19.1 Å². The highest BCUT2D eigenvalue weighted by molar-refractivity contribution is 9.11. The fraction of sp³-hybridized carbons (Fsp3) is 0.583. The Morgan fingerprint density at radius 2 is 2.44 bits per heavy atom. The van der Waals surface area contributed by atoms with E-state index in [1.807, 2.05) is 24.8 Å². The topological polar surface area (TPSA) is 55.6 Å². The van der Waals surface area contributed by atoms with Crippen molar-refractivity contribution in [2.24, 2.45) is 5.73 Å². The Balaban J connectivity index is 2.09. The van der Waals surface area contributed by atoms with E-state index in [0.717, 1.165) is 14.2 Å². The molecule has 1 saturated heterocycles. The van der Waals surface area contributed by atoms with Crippen LogP contribution < -0.4 is 5.73 Å². The standard InChI is InChI=1S/C12H17BrN2O2S/c1-7-5-10(18-11(7)13)12(16)15-3-4-17-9(6-15)8(2)14/h5,8-9H,3-4,6,14H2,1-2H3. The SMILES string of the molecule is Cc1cc(C(=O)N2CCOC(C(C)N)C2)sc1Br. The highest BCUT2D eigenvalue weighted by atomic mass is 79.9. The summed E-state index contributed by atoms with van der Waals surface area (Å²) in [5.41, 5.74) is 6.93. The van der Waals surface area contributed by atoms with Gasteiger partial charge in [0.05, 0.1) is 21.4 Å². The second-order valence-corrected chi connectivity index (χ2v) is 6.96. The molecule has 6 heteroatoms. The first kappa shape index (κ1) is 14.0. The zero-order chi connectivity index (χ0) is 13.3. The number of carbonyl (C=O) groups excluding carboxylic acids is 1. The molecule has 100 valence electrons. The molecule has 2 heterocycles. The van der Waals surface area contributed by atoms with E-state index in [4.69, 9.17) is 10.5 Å². The highest BCUT2D eigenvalue weighted by Gasteiger charge is 2.28. The van der Waals surface area contributed by atoms with Gasteiger partial charge in [-0.2, -0.15) is 0 Å². The van der Waals surface area contributed by atoms with Crippen molar-refractivity contribution in [1.82, 2.24) is 4.90 Å². The number of ether oxygens (including phenoxy) is 1. The largest absolute Gasteiger partial charge is 0.373 e.